The van der Waals surface area contributed by atoms with E-state index >= 15 is 0 Å². The van der Waals surface area contributed by atoms with Crippen molar-refractivity contribution >= 4 is 5.82 Å². The van der Waals surface area contributed by atoms with Crippen LogP contribution in [0.5, 0.6) is 0 Å². The van der Waals surface area contributed by atoms with Gasteiger partial charge in [0.05, 0.1) is 0 Å². The lowest BCUT2D eigenvalue weighted by molar-refractivity contribution is 0.276. The second-order valence-electron chi connectivity index (χ2n) is 3.62. The Morgan fingerprint density at radius 3 is 3.14 bits per heavy atom. The molecule has 1 heterocycles. The topological polar surface area (TPSA) is 81.1 Å². The fourth-order valence-corrected chi connectivity index (χ4v) is 1.73. The van der Waals surface area contributed by atoms with E-state index in [1.165, 1.54) is 0 Å². The van der Waals surface area contributed by atoms with E-state index < -0.39 is 0 Å². The zero-order valence-electron chi connectivity index (χ0n) is 7.76. The predicted molar refractivity (Wildman–Crippen MR) is 51.8 cm³/mol. The average molecular weight is 195 g/mol. The van der Waals surface area contributed by atoms with E-state index in [-0.39, 0.29) is 24.2 Å². The molecule has 5 nitrogen and oxygen atoms in total. The first-order chi connectivity index (χ1) is 6.72. The van der Waals surface area contributed by atoms with Crippen LogP contribution < -0.4 is 11.4 Å². The van der Waals surface area contributed by atoms with Crippen LogP contribution in [0.25, 0.3) is 0 Å². The van der Waals surface area contributed by atoms with Crippen molar-refractivity contribution in [1.29, 1.82) is 0 Å². The van der Waals surface area contributed by atoms with Crippen molar-refractivity contribution in [3.05, 3.63) is 22.7 Å². The van der Waals surface area contributed by atoms with E-state index in [4.69, 9.17) is 10.8 Å². The summed E-state index contributed by atoms with van der Waals surface area (Å²) >= 11 is 0. The lowest BCUT2D eigenvalue weighted by Crippen LogP contribution is -2.22. The molecule has 3 N–H and O–H groups in total. The van der Waals surface area contributed by atoms with Gasteiger partial charge >= 0.3 is 5.69 Å². The van der Waals surface area contributed by atoms with Crippen LogP contribution in [0.3, 0.4) is 0 Å². The lowest BCUT2D eigenvalue weighted by atomic mass is 10.3. The fourth-order valence-electron chi connectivity index (χ4n) is 1.73. The third-order valence-electron chi connectivity index (χ3n) is 2.59. The second kappa shape index (κ2) is 3.42. The predicted octanol–water partition coefficient (Wildman–Crippen LogP) is -0.231. The van der Waals surface area contributed by atoms with Crippen molar-refractivity contribution in [3.8, 4) is 0 Å². The highest BCUT2D eigenvalue weighted by molar-refractivity contribution is 5.24. The van der Waals surface area contributed by atoms with E-state index in [9.17, 15) is 4.79 Å². The molecule has 0 spiro atoms. The number of nitrogens with zero attached hydrogens (tertiary/aromatic N) is 2. The summed E-state index contributed by atoms with van der Waals surface area (Å²) in [5, 5.41) is 8.73. The van der Waals surface area contributed by atoms with Crippen molar-refractivity contribution in [2.45, 2.75) is 18.9 Å². The van der Waals surface area contributed by atoms with E-state index in [1.807, 2.05) is 0 Å². The minimum atomic E-state index is -0.296. The molecule has 0 aromatic carbocycles. The highest BCUT2D eigenvalue weighted by Crippen LogP contribution is 2.44. The van der Waals surface area contributed by atoms with Crippen LogP contribution in [0.2, 0.25) is 0 Å². The Labute approximate surface area is 81.2 Å². The molecular formula is C9H13N3O2. The van der Waals surface area contributed by atoms with Crippen molar-refractivity contribution in [3.63, 3.8) is 0 Å². The minimum Gasteiger partial charge on any atom is -0.396 e. The fraction of sp³-hybridized carbons (Fsp3) is 0.556. The molecule has 1 aromatic heterocycles. The third kappa shape index (κ3) is 1.63. The maximum Gasteiger partial charge on any atom is 0.349 e. The Bertz CT molecular complexity index is 388. The summed E-state index contributed by atoms with van der Waals surface area (Å²) < 4.78 is 1.59. The van der Waals surface area contributed by atoms with E-state index in [2.05, 4.69) is 4.98 Å². The van der Waals surface area contributed by atoms with Crippen LogP contribution in [0, 0.1) is 5.92 Å². The largest absolute Gasteiger partial charge is 0.396 e. The maximum absolute atomic E-state index is 11.4. The molecule has 5 heteroatoms. The van der Waals surface area contributed by atoms with Gasteiger partial charge in [-0.3, -0.25) is 4.57 Å². The molecule has 76 valence electrons. The standard InChI is InChI=1S/C9H13N3O2/c10-8-1-3-12(9(14)11-8)7-5-6(7)2-4-13/h1,3,6-7,13H,2,4-5H2,(H2,10,11,14). The first-order valence-corrected chi connectivity index (χ1v) is 4.68. The van der Waals surface area contributed by atoms with Crippen LogP contribution >= 0.6 is 0 Å². The second-order valence-corrected chi connectivity index (χ2v) is 3.62. The monoisotopic (exact) mass is 195 g/mol. The van der Waals surface area contributed by atoms with Gasteiger partial charge in [0, 0.05) is 18.8 Å². The molecule has 0 saturated heterocycles. The van der Waals surface area contributed by atoms with Crippen LogP contribution in [0.15, 0.2) is 17.1 Å². The molecule has 0 radical (unpaired) electrons. The first kappa shape index (κ1) is 9.21. The van der Waals surface area contributed by atoms with Gasteiger partial charge in [0.1, 0.15) is 5.82 Å². The van der Waals surface area contributed by atoms with Crippen molar-refractivity contribution in [2.24, 2.45) is 5.92 Å². The third-order valence-corrected chi connectivity index (χ3v) is 2.59. The molecule has 0 aliphatic heterocycles. The van der Waals surface area contributed by atoms with Gasteiger partial charge in [0.15, 0.2) is 0 Å². The summed E-state index contributed by atoms with van der Waals surface area (Å²) in [6.07, 6.45) is 3.38. The molecular weight excluding hydrogens is 182 g/mol. The Balaban J connectivity index is 2.15. The SMILES string of the molecule is Nc1ccn(C2CC2CCO)c(=O)n1. The number of rotatable bonds is 3. The van der Waals surface area contributed by atoms with Crippen LogP contribution in [0.1, 0.15) is 18.9 Å². The van der Waals surface area contributed by atoms with Crippen molar-refractivity contribution < 1.29 is 5.11 Å². The molecule has 1 saturated carbocycles. The number of nitrogen functional groups attached to an aromatic ring is 1. The summed E-state index contributed by atoms with van der Waals surface area (Å²) in [4.78, 5) is 15.0. The molecule has 0 bridgehead atoms. The number of aliphatic hydroxyl groups is 1. The summed E-state index contributed by atoms with van der Waals surface area (Å²) in [6.45, 7) is 0.179. The van der Waals surface area contributed by atoms with Crippen LogP contribution in [0.4, 0.5) is 5.82 Å². The van der Waals surface area contributed by atoms with Gasteiger partial charge in [0.2, 0.25) is 0 Å². The molecule has 0 amide bonds. The Morgan fingerprint density at radius 2 is 2.50 bits per heavy atom. The van der Waals surface area contributed by atoms with E-state index in [1.54, 1.807) is 16.8 Å². The van der Waals surface area contributed by atoms with Gasteiger partial charge in [-0.15, -0.1) is 0 Å². The van der Waals surface area contributed by atoms with Gasteiger partial charge < -0.3 is 10.8 Å². The van der Waals surface area contributed by atoms with Gasteiger partial charge in [-0.25, -0.2) is 4.79 Å². The molecule has 2 rings (SSSR count). The first-order valence-electron chi connectivity index (χ1n) is 4.68. The molecule has 2 atom stereocenters. The molecule has 1 fully saturated rings. The Morgan fingerprint density at radius 1 is 1.71 bits per heavy atom. The zero-order valence-corrected chi connectivity index (χ0v) is 7.76. The molecule has 14 heavy (non-hydrogen) atoms. The average Bonchev–Trinajstić information content (AvgIpc) is 2.84. The summed E-state index contributed by atoms with van der Waals surface area (Å²) in [6, 6.07) is 1.83. The molecule has 1 aliphatic rings. The number of hydrogen-bond donors (Lipinski definition) is 2. The Hall–Kier alpha value is -1.36. The summed E-state index contributed by atoms with van der Waals surface area (Å²) in [7, 11) is 0. The van der Waals surface area contributed by atoms with E-state index in [0.29, 0.717) is 5.92 Å². The summed E-state index contributed by atoms with van der Waals surface area (Å²) in [5.74, 6) is 0.675. The maximum atomic E-state index is 11.4. The van der Waals surface area contributed by atoms with Crippen molar-refractivity contribution in [2.75, 3.05) is 12.3 Å². The summed E-state index contributed by atoms with van der Waals surface area (Å²) in [5.41, 5.74) is 5.08. The molecule has 2 unspecified atom stereocenters. The van der Waals surface area contributed by atoms with Gasteiger partial charge in [-0.2, -0.15) is 4.98 Å². The van der Waals surface area contributed by atoms with Gasteiger partial charge in [-0.05, 0) is 24.8 Å². The Kier molecular flexibility index (Phi) is 2.25. The zero-order chi connectivity index (χ0) is 10.1. The van der Waals surface area contributed by atoms with Crippen LogP contribution in [-0.2, 0) is 0 Å². The molecule has 1 aromatic rings. The van der Waals surface area contributed by atoms with Crippen molar-refractivity contribution in [1.82, 2.24) is 9.55 Å². The number of nitrogens with two attached hydrogens (primary N) is 1. The number of anilines is 1. The normalized spacial score (nSPS) is 24.9. The highest BCUT2D eigenvalue weighted by Gasteiger charge is 2.38. The number of aliphatic hydroxyl groups excluding tert-OH is 1. The smallest absolute Gasteiger partial charge is 0.349 e. The minimum absolute atomic E-state index is 0.179. The van der Waals surface area contributed by atoms with E-state index in [0.717, 1.165) is 12.8 Å². The van der Waals surface area contributed by atoms with Gasteiger partial charge in [0.25, 0.3) is 0 Å². The number of aromatic nitrogens is 2. The van der Waals surface area contributed by atoms with Crippen LogP contribution in [-0.4, -0.2) is 21.3 Å². The number of hydrogen-bond acceptors (Lipinski definition) is 4. The lowest BCUT2D eigenvalue weighted by Gasteiger charge is -2.03. The van der Waals surface area contributed by atoms with Gasteiger partial charge in [-0.1, -0.05) is 0 Å². The molecule has 1 aliphatic carbocycles. The quantitative estimate of drug-likeness (QED) is 0.698. The highest BCUT2D eigenvalue weighted by atomic mass is 16.3.